The third kappa shape index (κ3) is 3.99. The van der Waals surface area contributed by atoms with Gasteiger partial charge in [0.05, 0.1) is 0 Å². The molecule has 0 atom stereocenters. The highest BCUT2D eigenvalue weighted by molar-refractivity contribution is 5.27. The molecule has 19 heavy (non-hydrogen) atoms. The first kappa shape index (κ1) is 12.9. The third-order valence-electron chi connectivity index (χ3n) is 2.59. The fourth-order valence-corrected chi connectivity index (χ4v) is 1.62. The van der Waals surface area contributed by atoms with Crippen LogP contribution in [0.4, 0.5) is 0 Å². The Kier molecular flexibility index (Phi) is 4.34. The fraction of sp³-hybridized carbons (Fsp3) is 0.143. The zero-order chi connectivity index (χ0) is 13.5. The molecule has 0 bridgehead atoms. The van der Waals surface area contributed by atoms with E-state index < -0.39 is 0 Å². The van der Waals surface area contributed by atoms with Gasteiger partial charge in [-0.05, 0) is 29.8 Å². The normalized spacial score (nSPS) is 11.3. The molecule has 0 saturated carbocycles. The Morgan fingerprint density at radius 2 is 1.68 bits per heavy atom. The molecule has 0 spiro atoms. The molecule has 98 valence electrons. The van der Waals surface area contributed by atoms with Crippen LogP contribution in [0, 0.1) is 5.21 Å². The predicted octanol–water partition coefficient (Wildman–Crippen LogP) is 3.12. The van der Waals surface area contributed by atoms with Gasteiger partial charge >= 0.3 is 0 Å². The van der Waals surface area contributed by atoms with E-state index in [9.17, 15) is 5.21 Å². The molecule has 0 heterocycles. The Hall–Kier alpha value is -2.56. The standard InChI is InChI=1S/C14H14N2O3/c17-15-16(18)10-12-6-8-14(9-7-12)19-11-13-4-2-1-3-5-13/h1-9,17H,10-11H2/b16-15-. The second-order valence-corrected chi connectivity index (χ2v) is 4.02. The highest BCUT2D eigenvalue weighted by atomic mass is 16.6. The Balaban J connectivity index is 1.92. The Bertz CT molecular complexity index is 538. The molecule has 0 aliphatic carbocycles. The van der Waals surface area contributed by atoms with E-state index in [4.69, 9.17) is 9.94 Å². The van der Waals surface area contributed by atoms with Crippen LogP contribution in [-0.2, 0) is 13.2 Å². The summed E-state index contributed by atoms with van der Waals surface area (Å²) in [5.41, 5.74) is 1.84. The molecule has 2 rings (SSSR count). The molecular formula is C14H14N2O3. The number of nitrogens with zero attached hydrogens (tertiary/aromatic N) is 2. The van der Waals surface area contributed by atoms with E-state index in [-0.39, 0.29) is 11.4 Å². The fourth-order valence-electron chi connectivity index (χ4n) is 1.62. The van der Waals surface area contributed by atoms with Crippen molar-refractivity contribution in [3.8, 4) is 5.75 Å². The van der Waals surface area contributed by atoms with Gasteiger partial charge in [0.1, 0.15) is 12.4 Å². The van der Waals surface area contributed by atoms with Gasteiger partial charge in [-0.1, -0.05) is 35.2 Å². The van der Waals surface area contributed by atoms with Gasteiger partial charge in [-0.15, -0.1) is 0 Å². The lowest BCUT2D eigenvalue weighted by Crippen LogP contribution is -2.00. The van der Waals surface area contributed by atoms with E-state index in [0.29, 0.717) is 6.61 Å². The summed E-state index contributed by atoms with van der Waals surface area (Å²) in [6.07, 6.45) is 0. The van der Waals surface area contributed by atoms with Crippen molar-refractivity contribution in [3.05, 3.63) is 70.9 Å². The molecule has 0 fully saturated rings. The topological polar surface area (TPSA) is 67.9 Å². The summed E-state index contributed by atoms with van der Waals surface area (Å²) in [6, 6.07) is 16.9. The van der Waals surface area contributed by atoms with Crippen LogP contribution in [0.15, 0.2) is 59.9 Å². The second-order valence-electron chi connectivity index (χ2n) is 4.02. The molecule has 1 N–H and O–H groups in total. The van der Waals surface area contributed by atoms with Crippen LogP contribution in [0.1, 0.15) is 11.1 Å². The van der Waals surface area contributed by atoms with E-state index in [1.54, 1.807) is 24.3 Å². The van der Waals surface area contributed by atoms with Crippen molar-refractivity contribution < 1.29 is 14.8 Å². The molecule has 0 radical (unpaired) electrons. The molecular weight excluding hydrogens is 244 g/mol. The van der Waals surface area contributed by atoms with Gasteiger partial charge in [0.2, 0.25) is 6.54 Å². The Labute approximate surface area is 110 Å². The number of hydrogen-bond donors (Lipinski definition) is 1. The average molecular weight is 258 g/mol. The monoisotopic (exact) mass is 258 g/mol. The predicted molar refractivity (Wildman–Crippen MR) is 68.8 cm³/mol. The summed E-state index contributed by atoms with van der Waals surface area (Å²) in [6.45, 7) is 0.509. The molecule has 0 aromatic heterocycles. The van der Waals surface area contributed by atoms with Gasteiger partial charge in [0, 0.05) is 5.56 Å². The van der Waals surface area contributed by atoms with Gasteiger partial charge in [0.15, 0.2) is 5.28 Å². The van der Waals surface area contributed by atoms with Gasteiger partial charge < -0.3 is 15.2 Å². The summed E-state index contributed by atoms with van der Waals surface area (Å²) in [5.74, 6) is 0.728. The molecule has 0 unspecified atom stereocenters. The van der Waals surface area contributed by atoms with Crippen LogP contribution in [0.2, 0.25) is 0 Å². The van der Waals surface area contributed by atoms with Crippen LogP contribution >= 0.6 is 0 Å². The minimum absolute atomic E-state index is 0.00939. The molecule has 0 aliphatic heterocycles. The first-order valence-corrected chi connectivity index (χ1v) is 5.83. The Morgan fingerprint density at radius 3 is 2.32 bits per heavy atom. The first-order chi connectivity index (χ1) is 9.28. The van der Waals surface area contributed by atoms with Crippen molar-refractivity contribution in [2.75, 3.05) is 0 Å². The number of rotatable bonds is 5. The zero-order valence-electron chi connectivity index (χ0n) is 10.3. The second kappa shape index (κ2) is 6.39. The molecule has 0 saturated heterocycles. The number of hydrogen-bond acceptors (Lipinski definition) is 3. The Morgan fingerprint density at radius 1 is 1.00 bits per heavy atom. The van der Waals surface area contributed by atoms with Crippen molar-refractivity contribution in [1.29, 1.82) is 0 Å². The quantitative estimate of drug-likeness (QED) is 0.509. The molecule has 2 aromatic carbocycles. The minimum Gasteiger partial charge on any atom is -0.597 e. The summed E-state index contributed by atoms with van der Waals surface area (Å²) >= 11 is 0. The zero-order valence-corrected chi connectivity index (χ0v) is 10.3. The van der Waals surface area contributed by atoms with Gasteiger partial charge in [-0.2, -0.15) is 0 Å². The largest absolute Gasteiger partial charge is 0.597 e. The molecule has 5 nitrogen and oxygen atoms in total. The van der Waals surface area contributed by atoms with Crippen LogP contribution in [0.25, 0.3) is 0 Å². The van der Waals surface area contributed by atoms with E-state index in [1.807, 2.05) is 30.3 Å². The smallest absolute Gasteiger partial charge is 0.209 e. The maximum atomic E-state index is 10.8. The first-order valence-electron chi connectivity index (χ1n) is 5.83. The SMILES string of the molecule is [O-]/[N+](Cc1ccc(OCc2ccccc2)cc1)=N\O. The van der Waals surface area contributed by atoms with Crippen LogP contribution in [0.3, 0.4) is 0 Å². The number of hydroxylamine groups is 1. The summed E-state index contributed by atoms with van der Waals surface area (Å²) < 4.78 is 5.61. The molecule has 0 amide bonds. The lowest BCUT2D eigenvalue weighted by atomic mass is 10.2. The maximum absolute atomic E-state index is 10.8. The highest BCUT2D eigenvalue weighted by Crippen LogP contribution is 2.14. The van der Waals surface area contributed by atoms with Crippen LogP contribution in [-0.4, -0.2) is 10.1 Å². The molecule has 0 aliphatic rings. The van der Waals surface area contributed by atoms with Crippen molar-refractivity contribution in [2.24, 2.45) is 5.28 Å². The van der Waals surface area contributed by atoms with E-state index in [1.165, 1.54) is 0 Å². The van der Waals surface area contributed by atoms with Gasteiger partial charge in [-0.3, -0.25) is 0 Å². The summed E-state index contributed by atoms with van der Waals surface area (Å²) in [4.78, 5) is 0.208. The van der Waals surface area contributed by atoms with E-state index >= 15 is 0 Å². The van der Waals surface area contributed by atoms with E-state index in [2.05, 4.69) is 5.28 Å². The maximum Gasteiger partial charge on any atom is 0.209 e. The summed E-state index contributed by atoms with van der Waals surface area (Å²) in [5, 5.41) is 21.6. The number of benzene rings is 2. The molecule has 2 aromatic rings. The third-order valence-corrected chi connectivity index (χ3v) is 2.59. The van der Waals surface area contributed by atoms with Crippen molar-refractivity contribution in [1.82, 2.24) is 0 Å². The van der Waals surface area contributed by atoms with Crippen molar-refractivity contribution in [3.63, 3.8) is 0 Å². The number of ether oxygens (including phenoxy) is 1. The van der Waals surface area contributed by atoms with Crippen molar-refractivity contribution in [2.45, 2.75) is 13.2 Å². The molecule has 5 heteroatoms. The lowest BCUT2D eigenvalue weighted by molar-refractivity contribution is -0.570. The summed E-state index contributed by atoms with van der Waals surface area (Å²) in [7, 11) is 0. The highest BCUT2D eigenvalue weighted by Gasteiger charge is 2.01. The minimum atomic E-state index is 0.00939. The van der Waals surface area contributed by atoms with Crippen LogP contribution in [0.5, 0.6) is 5.75 Å². The van der Waals surface area contributed by atoms with E-state index in [0.717, 1.165) is 16.9 Å². The van der Waals surface area contributed by atoms with Crippen LogP contribution < -0.4 is 4.74 Å². The van der Waals surface area contributed by atoms with Gasteiger partial charge in [0.25, 0.3) is 0 Å². The lowest BCUT2D eigenvalue weighted by Gasteiger charge is -2.06. The average Bonchev–Trinajstić information content (AvgIpc) is 2.47. The van der Waals surface area contributed by atoms with Crippen molar-refractivity contribution >= 4 is 0 Å². The van der Waals surface area contributed by atoms with Gasteiger partial charge in [-0.25, -0.2) is 0 Å².